The SMILES string of the molecule is CCCn1cnnc1-c1cn[nH]c1C. The fourth-order valence-corrected chi connectivity index (χ4v) is 1.44. The molecular formula is C9H13N5. The second kappa shape index (κ2) is 3.61. The summed E-state index contributed by atoms with van der Waals surface area (Å²) in [7, 11) is 0. The number of rotatable bonds is 3. The summed E-state index contributed by atoms with van der Waals surface area (Å²) >= 11 is 0. The Balaban J connectivity index is 2.41. The largest absolute Gasteiger partial charge is 0.314 e. The molecule has 2 aromatic rings. The molecule has 14 heavy (non-hydrogen) atoms. The molecule has 0 fully saturated rings. The third kappa shape index (κ3) is 1.41. The van der Waals surface area contributed by atoms with Crippen molar-refractivity contribution in [2.75, 3.05) is 0 Å². The fraction of sp³-hybridized carbons (Fsp3) is 0.444. The first-order chi connectivity index (χ1) is 6.83. The molecule has 5 nitrogen and oxygen atoms in total. The molecule has 0 unspecified atom stereocenters. The molecule has 0 aliphatic rings. The molecule has 0 saturated carbocycles. The predicted octanol–water partition coefficient (Wildman–Crippen LogP) is 1.39. The Morgan fingerprint density at radius 2 is 2.36 bits per heavy atom. The van der Waals surface area contributed by atoms with Crippen LogP contribution in [0.15, 0.2) is 12.5 Å². The third-order valence-corrected chi connectivity index (χ3v) is 2.15. The minimum atomic E-state index is 0.887. The average molecular weight is 191 g/mol. The van der Waals surface area contributed by atoms with Crippen molar-refractivity contribution in [2.24, 2.45) is 0 Å². The van der Waals surface area contributed by atoms with E-state index in [-0.39, 0.29) is 0 Å². The summed E-state index contributed by atoms with van der Waals surface area (Å²) in [6, 6.07) is 0. The van der Waals surface area contributed by atoms with Crippen LogP contribution in [0.5, 0.6) is 0 Å². The van der Waals surface area contributed by atoms with E-state index >= 15 is 0 Å². The minimum absolute atomic E-state index is 0.887. The lowest BCUT2D eigenvalue weighted by Gasteiger charge is -2.02. The molecule has 0 aliphatic heterocycles. The molecule has 0 bridgehead atoms. The molecule has 2 rings (SSSR count). The first-order valence-corrected chi connectivity index (χ1v) is 4.71. The van der Waals surface area contributed by atoms with Crippen molar-refractivity contribution < 1.29 is 0 Å². The van der Waals surface area contributed by atoms with Gasteiger partial charge in [-0.2, -0.15) is 5.10 Å². The first kappa shape index (κ1) is 8.93. The molecule has 0 amide bonds. The summed E-state index contributed by atoms with van der Waals surface area (Å²) < 4.78 is 2.04. The quantitative estimate of drug-likeness (QED) is 0.797. The van der Waals surface area contributed by atoms with E-state index in [0.717, 1.165) is 30.0 Å². The zero-order valence-electron chi connectivity index (χ0n) is 8.36. The highest BCUT2D eigenvalue weighted by molar-refractivity contribution is 5.56. The monoisotopic (exact) mass is 191 g/mol. The van der Waals surface area contributed by atoms with E-state index in [1.807, 2.05) is 11.5 Å². The maximum absolute atomic E-state index is 4.09. The Bertz CT molecular complexity index is 414. The molecule has 2 heterocycles. The maximum Gasteiger partial charge on any atom is 0.167 e. The standard InChI is InChI=1S/C9H13N5/c1-3-4-14-6-11-13-9(14)8-5-10-12-7(8)2/h5-6H,3-4H2,1-2H3,(H,10,12). The van der Waals surface area contributed by atoms with E-state index < -0.39 is 0 Å². The van der Waals surface area contributed by atoms with Gasteiger partial charge in [0, 0.05) is 12.2 Å². The Hall–Kier alpha value is -1.65. The van der Waals surface area contributed by atoms with Gasteiger partial charge in [0.05, 0.1) is 11.8 Å². The van der Waals surface area contributed by atoms with Gasteiger partial charge in [-0.3, -0.25) is 5.10 Å². The molecule has 1 N–H and O–H groups in total. The summed E-state index contributed by atoms with van der Waals surface area (Å²) in [5, 5.41) is 14.9. The molecule has 0 aromatic carbocycles. The number of hydrogen-bond donors (Lipinski definition) is 1. The highest BCUT2D eigenvalue weighted by atomic mass is 15.3. The van der Waals surface area contributed by atoms with E-state index in [2.05, 4.69) is 27.3 Å². The van der Waals surface area contributed by atoms with Crippen LogP contribution in [0.2, 0.25) is 0 Å². The van der Waals surface area contributed by atoms with Crippen molar-refractivity contribution in [1.82, 2.24) is 25.0 Å². The van der Waals surface area contributed by atoms with Gasteiger partial charge in [-0.1, -0.05) is 6.92 Å². The van der Waals surface area contributed by atoms with Gasteiger partial charge in [-0.25, -0.2) is 0 Å². The van der Waals surface area contributed by atoms with E-state index in [9.17, 15) is 0 Å². The molecule has 0 atom stereocenters. The zero-order valence-corrected chi connectivity index (χ0v) is 8.36. The number of aromatic nitrogens is 5. The van der Waals surface area contributed by atoms with E-state index in [4.69, 9.17) is 0 Å². The summed E-state index contributed by atoms with van der Waals surface area (Å²) in [5.74, 6) is 0.887. The van der Waals surface area contributed by atoms with Crippen molar-refractivity contribution in [3.05, 3.63) is 18.2 Å². The summed E-state index contributed by atoms with van der Waals surface area (Å²) in [5.41, 5.74) is 2.05. The molecule has 0 radical (unpaired) electrons. The van der Waals surface area contributed by atoms with Gasteiger partial charge in [-0.15, -0.1) is 10.2 Å². The van der Waals surface area contributed by atoms with Gasteiger partial charge in [0.15, 0.2) is 5.82 Å². The van der Waals surface area contributed by atoms with Gasteiger partial charge in [0.2, 0.25) is 0 Å². The third-order valence-electron chi connectivity index (χ3n) is 2.15. The van der Waals surface area contributed by atoms with Crippen LogP contribution in [0.25, 0.3) is 11.4 Å². The number of aryl methyl sites for hydroxylation is 2. The zero-order chi connectivity index (χ0) is 9.97. The van der Waals surface area contributed by atoms with Crippen LogP contribution in [0.4, 0.5) is 0 Å². The molecule has 0 saturated heterocycles. The van der Waals surface area contributed by atoms with Crippen LogP contribution in [0.1, 0.15) is 19.0 Å². The van der Waals surface area contributed by atoms with Gasteiger partial charge < -0.3 is 4.57 Å². The molecule has 0 aliphatic carbocycles. The lowest BCUT2D eigenvalue weighted by molar-refractivity contribution is 0.682. The second-order valence-electron chi connectivity index (χ2n) is 3.26. The number of nitrogens with zero attached hydrogens (tertiary/aromatic N) is 4. The smallest absolute Gasteiger partial charge is 0.167 e. The summed E-state index contributed by atoms with van der Waals surface area (Å²) in [6.45, 7) is 5.05. The maximum atomic E-state index is 4.09. The first-order valence-electron chi connectivity index (χ1n) is 4.71. The van der Waals surface area contributed by atoms with E-state index in [0.29, 0.717) is 0 Å². The minimum Gasteiger partial charge on any atom is -0.314 e. The molecule has 5 heteroatoms. The topological polar surface area (TPSA) is 59.4 Å². The highest BCUT2D eigenvalue weighted by Gasteiger charge is 2.10. The van der Waals surface area contributed by atoms with Gasteiger partial charge >= 0.3 is 0 Å². The van der Waals surface area contributed by atoms with E-state index in [1.165, 1.54) is 0 Å². The van der Waals surface area contributed by atoms with E-state index in [1.54, 1.807) is 12.5 Å². The Labute approximate surface area is 82.2 Å². The number of hydrogen-bond acceptors (Lipinski definition) is 3. The van der Waals surface area contributed by atoms with Crippen molar-refractivity contribution in [2.45, 2.75) is 26.8 Å². The van der Waals surface area contributed by atoms with Crippen LogP contribution < -0.4 is 0 Å². The Kier molecular flexibility index (Phi) is 2.30. The lowest BCUT2D eigenvalue weighted by atomic mass is 10.2. The van der Waals surface area contributed by atoms with Crippen LogP contribution in [-0.4, -0.2) is 25.0 Å². The van der Waals surface area contributed by atoms with Gasteiger partial charge in [0.25, 0.3) is 0 Å². The highest BCUT2D eigenvalue weighted by Crippen LogP contribution is 2.18. The second-order valence-corrected chi connectivity index (χ2v) is 3.26. The Morgan fingerprint density at radius 1 is 1.50 bits per heavy atom. The predicted molar refractivity (Wildman–Crippen MR) is 52.6 cm³/mol. The van der Waals surface area contributed by atoms with Gasteiger partial charge in [0.1, 0.15) is 6.33 Å². The Morgan fingerprint density at radius 3 is 3.00 bits per heavy atom. The molecular weight excluding hydrogens is 178 g/mol. The molecule has 74 valence electrons. The average Bonchev–Trinajstić information content (AvgIpc) is 2.74. The van der Waals surface area contributed by atoms with Crippen LogP contribution in [0.3, 0.4) is 0 Å². The number of nitrogens with one attached hydrogen (secondary N) is 1. The fourth-order valence-electron chi connectivity index (χ4n) is 1.44. The van der Waals surface area contributed by atoms with Crippen molar-refractivity contribution in [3.8, 4) is 11.4 Å². The van der Waals surface area contributed by atoms with Crippen LogP contribution in [0, 0.1) is 6.92 Å². The van der Waals surface area contributed by atoms with Crippen LogP contribution in [-0.2, 0) is 6.54 Å². The normalized spacial score (nSPS) is 10.7. The summed E-state index contributed by atoms with van der Waals surface area (Å²) in [4.78, 5) is 0. The van der Waals surface area contributed by atoms with Crippen molar-refractivity contribution >= 4 is 0 Å². The molecule has 2 aromatic heterocycles. The summed E-state index contributed by atoms with van der Waals surface area (Å²) in [6.07, 6.45) is 4.61. The molecule has 0 spiro atoms. The van der Waals surface area contributed by atoms with Crippen LogP contribution >= 0.6 is 0 Å². The lowest BCUT2D eigenvalue weighted by Crippen LogP contribution is -1.98. The number of aromatic amines is 1. The van der Waals surface area contributed by atoms with Crippen molar-refractivity contribution in [1.29, 1.82) is 0 Å². The van der Waals surface area contributed by atoms with Crippen molar-refractivity contribution in [3.63, 3.8) is 0 Å². The van der Waals surface area contributed by atoms with Gasteiger partial charge in [-0.05, 0) is 13.3 Å². The number of H-pyrrole nitrogens is 1.